The summed E-state index contributed by atoms with van der Waals surface area (Å²) in [6.45, 7) is 3.95. The van der Waals surface area contributed by atoms with Crippen LogP contribution in [0.3, 0.4) is 0 Å². The maximum absolute atomic E-state index is 5.19. The van der Waals surface area contributed by atoms with Gasteiger partial charge in [-0.15, -0.1) is 0 Å². The highest BCUT2D eigenvalue weighted by Gasteiger charge is 2.19. The summed E-state index contributed by atoms with van der Waals surface area (Å²) in [5.41, 5.74) is 13.3. The molecule has 39 heavy (non-hydrogen) atoms. The summed E-state index contributed by atoms with van der Waals surface area (Å²) in [4.78, 5) is 5.19. The molecule has 188 valence electrons. The highest BCUT2D eigenvalue weighted by molar-refractivity contribution is 5.93. The molecule has 2 heterocycles. The molecule has 0 fully saturated rings. The minimum atomic E-state index is 0.998. The van der Waals surface area contributed by atoms with Gasteiger partial charge in [-0.05, 0) is 72.7 Å². The quantitative estimate of drug-likeness (QED) is 0.234. The smallest absolute Gasteiger partial charge is 0.0716 e. The van der Waals surface area contributed by atoms with Crippen molar-refractivity contribution < 1.29 is 0 Å². The number of pyridine rings is 1. The van der Waals surface area contributed by atoms with Crippen LogP contribution in [0.5, 0.6) is 0 Å². The SMILES string of the molecule is C=CC1=CC=C(c2cc(-c3ccccc3)nc(-c3cccc(-n4c5c(c6ccccc64)C=CCC5)c3)c2)CC1. The average Bonchev–Trinajstić information content (AvgIpc) is 3.36. The maximum Gasteiger partial charge on any atom is 0.0716 e. The van der Waals surface area contributed by atoms with E-state index >= 15 is 0 Å². The molecule has 3 aromatic carbocycles. The highest BCUT2D eigenvalue weighted by atomic mass is 15.0. The van der Waals surface area contributed by atoms with E-state index in [1.54, 1.807) is 0 Å². The first kappa shape index (κ1) is 23.4. The van der Waals surface area contributed by atoms with E-state index in [2.05, 4.69) is 126 Å². The van der Waals surface area contributed by atoms with E-state index in [9.17, 15) is 0 Å². The topological polar surface area (TPSA) is 17.8 Å². The Kier molecular flexibility index (Phi) is 5.94. The van der Waals surface area contributed by atoms with Gasteiger partial charge >= 0.3 is 0 Å². The normalized spacial score (nSPS) is 14.6. The lowest BCUT2D eigenvalue weighted by Gasteiger charge is -2.17. The largest absolute Gasteiger partial charge is 0.313 e. The molecule has 0 spiro atoms. The first-order chi connectivity index (χ1) is 19.3. The number of nitrogens with zero attached hydrogens (tertiary/aromatic N) is 2. The van der Waals surface area contributed by atoms with Crippen molar-refractivity contribution in [2.45, 2.75) is 25.7 Å². The molecule has 0 N–H and O–H groups in total. The molecule has 0 aliphatic heterocycles. The van der Waals surface area contributed by atoms with E-state index in [1.165, 1.54) is 44.6 Å². The number of rotatable bonds is 5. The van der Waals surface area contributed by atoms with Crippen LogP contribution in [-0.4, -0.2) is 9.55 Å². The van der Waals surface area contributed by atoms with Crippen molar-refractivity contribution in [1.82, 2.24) is 9.55 Å². The van der Waals surface area contributed by atoms with Gasteiger partial charge in [0.05, 0.1) is 16.9 Å². The fourth-order valence-corrected chi connectivity index (χ4v) is 5.96. The predicted molar refractivity (Wildman–Crippen MR) is 165 cm³/mol. The van der Waals surface area contributed by atoms with E-state index < -0.39 is 0 Å². The van der Waals surface area contributed by atoms with Gasteiger partial charge in [0, 0.05) is 33.5 Å². The van der Waals surface area contributed by atoms with Crippen LogP contribution in [0.4, 0.5) is 0 Å². The second-order valence-corrected chi connectivity index (χ2v) is 10.3. The summed E-state index contributed by atoms with van der Waals surface area (Å²) in [5.74, 6) is 0. The third kappa shape index (κ3) is 4.28. The molecule has 0 radical (unpaired) electrons. The molecular weight excluding hydrogens is 472 g/mol. The van der Waals surface area contributed by atoms with Crippen LogP contribution >= 0.6 is 0 Å². The number of hydrogen-bond acceptors (Lipinski definition) is 1. The summed E-state index contributed by atoms with van der Waals surface area (Å²) < 4.78 is 2.45. The Hall–Kier alpha value is -4.69. The third-order valence-electron chi connectivity index (χ3n) is 7.96. The maximum atomic E-state index is 5.19. The van der Waals surface area contributed by atoms with Crippen molar-refractivity contribution in [2.75, 3.05) is 0 Å². The van der Waals surface area contributed by atoms with Crippen LogP contribution in [-0.2, 0) is 6.42 Å². The van der Waals surface area contributed by atoms with E-state index in [4.69, 9.17) is 4.98 Å². The zero-order valence-electron chi connectivity index (χ0n) is 22.0. The van der Waals surface area contributed by atoms with Gasteiger partial charge in [0.2, 0.25) is 0 Å². The summed E-state index contributed by atoms with van der Waals surface area (Å²) in [7, 11) is 0. The first-order valence-corrected chi connectivity index (χ1v) is 13.8. The van der Waals surface area contributed by atoms with Gasteiger partial charge in [-0.3, -0.25) is 0 Å². The van der Waals surface area contributed by atoms with Gasteiger partial charge in [0.25, 0.3) is 0 Å². The molecule has 2 heteroatoms. The second-order valence-electron chi connectivity index (χ2n) is 10.3. The standard InChI is InChI=1S/C37H30N2/c1-2-26-19-21-27(22-20-26)30-24-34(28-11-4-3-5-12-28)38-35(25-30)29-13-10-14-31(23-29)39-36-17-8-6-15-32(36)33-16-7-9-18-37(33)39/h2-8,10-17,19,21,23-25H,1,9,18,20,22H2. The van der Waals surface area contributed by atoms with E-state index in [-0.39, 0.29) is 0 Å². The molecule has 2 aliphatic carbocycles. The van der Waals surface area contributed by atoms with Gasteiger partial charge in [-0.2, -0.15) is 0 Å². The van der Waals surface area contributed by atoms with Crippen LogP contribution in [0.15, 0.2) is 127 Å². The number of aromatic nitrogens is 2. The van der Waals surface area contributed by atoms with Crippen molar-refractivity contribution in [3.8, 4) is 28.2 Å². The van der Waals surface area contributed by atoms with Crippen molar-refractivity contribution in [3.05, 3.63) is 144 Å². The summed E-state index contributed by atoms with van der Waals surface area (Å²) >= 11 is 0. The Labute approximate surface area is 230 Å². The molecule has 5 aromatic rings. The minimum Gasteiger partial charge on any atom is -0.313 e. The number of para-hydroxylation sites is 1. The number of hydrogen-bond donors (Lipinski definition) is 0. The lowest BCUT2D eigenvalue weighted by atomic mass is 9.92. The van der Waals surface area contributed by atoms with Crippen LogP contribution in [0.25, 0.3) is 50.8 Å². The Morgan fingerprint density at radius 3 is 2.33 bits per heavy atom. The zero-order valence-corrected chi connectivity index (χ0v) is 22.0. The summed E-state index contributed by atoms with van der Waals surface area (Å²) in [5, 5.41) is 1.32. The molecule has 0 bridgehead atoms. The number of benzene rings is 3. The van der Waals surface area contributed by atoms with Gasteiger partial charge in [0.15, 0.2) is 0 Å². The Morgan fingerprint density at radius 2 is 1.51 bits per heavy atom. The predicted octanol–water partition coefficient (Wildman–Crippen LogP) is 9.61. The lowest BCUT2D eigenvalue weighted by Crippen LogP contribution is -2.03. The molecule has 2 aliphatic rings. The molecule has 0 amide bonds. The lowest BCUT2D eigenvalue weighted by molar-refractivity contribution is 0.888. The molecule has 7 rings (SSSR count). The molecule has 0 unspecified atom stereocenters. The Morgan fingerprint density at radius 1 is 0.718 bits per heavy atom. The summed E-state index contributed by atoms with van der Waals surface area (Å²) in [6.07, 6.45) is 15.1. The van der Waals surface area contributed by atoms with Gasteiger partial charge in [-0.25, -0.2) is 4.98 Å². The minimum absolute atomic E-state index is 0.998. The fraction of sp³-hybridized carbons (Fsp3) is 0.108. The summed E-state index contributed by atoms with van der Waals surface area (Å²) in [6, 6.07) is 32.6. The van der Waals surface area contributed by atoms with Crippen molar-refractivity contribution in [1.29, 1.82) is 0 Å². The van der Waals surface area contributed by atoms with E-state index in [0.29, 0.717) is 0 Å². The third-order valence-corrected chi connectivity index (χ3v) is 7.96. The van der Waals surface area contributed by atoms with Gasteiger partial charge in [0.1, 0.15) is 0 Å². The molecule has 0 saturated heterocycles. The highest BCUT2D eigenvalue weighted by Crippen LogP contribution is 2.36. The molecule has 2 aromatic heterocycles. The van der Waals surface area contributed by atoms with Crippen molar-refractivity contribution >= 4 is 22.6 Å². The second kappa shape index (κ2) is 9.89. The number of allylic oxidation sites excluding steroid dienone is 6. The Balaban J connectivity index is 1.39. The first-order valence-electron chi connectivity index (χ1n) is 13.8. The van der Waals surface area contributed by atoms with Crippen molar-refractivity contribution in [2.24, 2.45) is 0 Å². The molecule has 0 saturated carbocycles. The fourth-order valence-electron chi connectivity index (χ4n) is 5.96. The average molecular weight is 503 g/mol. The van der Waals surface area contributed by atoms with E-state index in [0.717, 1.165) is 48.2 Å². The zero-order chi connectivity index (χ0) is 26.2. The van der Waals surface area contributed by atoms with Crippen LogP contribution in [0.2, 0.25) is 0 Å². The number of fused-ring (bicyclic) bond motifs is 3. The van der Waals surface area contributed by atoms with Gasteiger partial charge in [-0.1, -0.05) is 97.6 Å². The van der Waals surface area contributed by atoms with Crippen LogP contribution in [0, 0.1) is 0 Å². The molecule has 2 nitrogen and oxygen atoms in total. The van der Waals surface area contributed by atoms with Crippen LogP contribution in [0.1, 0.15) is 36.1 Å². The Bertz CT molecular complexity index is 1810. The monoisotopic (exact) mass is 502 g/mol. The molecular formula is C37H30N2. The van der Waals surface area contributed by atoms with Crippen molar-refractivity contribution in [3.63, 3.8) is 0 Å². The van der Waals surface area contributed by atoms with E-state index in [1.807, 2.05) is 6.08 Å². The van der Waals surface area contributed by atoms with Gasteiger partial charge < -0.3 is 4.57 Å². The molecule has 0 atom stereocenters. The van der Waals surface area contributed by atoms with Crippen LogP contribution < -0.4 is 0 Å².